The molecule has 7 nitrogen and oxygen atoms in total. The Hall–Kier alpha value is -3.95. The van der Waals surface area contributed by atoms with E-state index >= 15 is 0 Å². The number of carbonyl (C=O) groups is 2. The monoisotopic (exact) mass is 470 g/mol. The Labute approximate surface area is 193 Å². The molecular formula is C24H21F3N4O3. The van der Waals surface area contributed by atoms with E-state index < -0.39 is 17.8 Å². The summed E-state index contributed by atoms with van der Waals surface area (Å²) in [6.45, 7) is 4.61. The van der Waals surface area contributed by atoms with Crippen molar-refractivity contribution in [2.45, 2.75) is 38.2 Å². The molecule has 3 aromatic rings. The summed E-state index contributed by atoms with van der Waals surface area (Å²) in [7, 11) is 0. The summed E-state index contributed by atoms with van der Waals surface area (Å²) < 4.78 is 45.6. The molecule has 0 spiro atoms. The van der Waals surface area contributed by atoms with Crippen molar-refractivity contribution in [3.05, 3.63) is 77.6 Å². The SMILES string of the molecule is C=C1c2cccc(OCc3cn(-c4ccc(C(F)(F)F)cc4)nn3)c2CN1C(C=O)CCC=O. The molecule has 0 amide bonds. The van der Waals surface area contributed by atoms with Crippen LogP contribution in [0.1, 0.15) is 35.2 Å². The summed E-state index contributed by atoms with van der Waals surface area (Å²) in [6, 6.07) is 9.68. The number of benzene rings is 2. The summed E-state index contributed by atoms with van der Waals surface area (Å²) in [5.41, 5.74) is 2.62. The Bertz CT molecular complexity index is 1200. The van der Waals surface area contributed by atoms with Crippen LogP contribution < -0.4 is 4.74 Å². The molecule has 2 aromatic carbocycles. The number of fused-ring (bicyclic) bond motifs is 1. The summed E-state index contributed by atoms with van der Waals surface area (Å²) in [5.74, 6) is 0.602. The van der Waals surface area contributed by atoms with Gasteiger partial charge in [0.25, 0.3) is 0 Å². The minimum absolute atomic E-state index is 0.0891. The fraction of sp³-hybridized carbons (Fsp3) is 0.250. The summed E-state index contributed by atoms with van der Waals surface area (Å²) >= 11 is 0. The summed E-state index contributed by atoms with van der Waals surface area (Å²) in [6.07, 6.45) is -0.532. The van der Waals surface area contributed by atoms with E-state index in [1.165, 1.54) is 16.8 Å². The Balaban J connectivity index is 1.46. The van der Waals surface area contributed by atoms with Gasteiger partial charge in [-0.05, 0) is 36.8 Å². The molecule has 0 radical (unpaired) electrons. The minimum atomic E-state index is -4.41. The fourth-order valence-corrected chi connectivity index (χ4v) is 3.85. The Kier molecular flexibility index (Phi) is 6.49. The number of nitrogens with zero attached hydrogens (tertiary/aromatic N) is 4. The molecule has 34 heavy (non-hydrogen) atoms. The molecule has 0 bridgehead atoms. The number of halogens is 3. The van der Waals surface area contributed by atoms with E-state index in [1.807, 2.05) is 17.0 Å². The molecule has 176 valence electrons. The maximum absolute atomic E-state index is 12.8. The van der Waals surface area contributed by atoms with Crippen LogP contribution in [0.25, 0.3) is 11.4 Å². The van der Waals surface area contributed by atoms with Gasteiger partial charge in [-0.25, -0.2) is 4.68 Å². The van der Waals surface area contributed by atoms with Gasteiger partial charge in [-0.3, -0.25) is 0 Å². The molecular weight excluding hydrogens is 449 g/mol. The molecule has 0 fully saturated rings. The molecule has 1 unspecified atom stereocenters. The molecule has 0 N–H and O–H groups in total. The van der Waals surface area contributed by atoms with Crippen LogP contribution in [-0.4, -0.2) is 38.5 Å². The predicted octanol–water partition coefficient (Wildman–Crippen LogP) is 4.20. The number of alkyl halides is 3. The van der Waals surface area contributed by atoms with Crippen molar-refractivity contribution in [2.75, 3.05) is 0 Å². The number of aromatic nitrogens is 3. The van der Waals surface area contributed by atoms with Crippen molar-refractivity contribution in [3.8, 4) is 11.4 Å². The number of rotatable bonds is 9. The van der Waals surface area contributed by atoms with Crippen LogP contribution in [0.15, 0.2) is 55.2 Å². The first-order valence-corrected chi connectivity index (χ1v) is 10.5. The normalized spacial score (nSPS) is 14.1. The highest BCUT2D eigenvalue weighted by Crippen LogP contribution is 2.39. The highest BCUT2D eigenvalue weighted by molar-refractivity contribution is 5.75. The highest BCUT2D eigenvalue weighted by atomic mass is 19.4. The van der Waals surface area contributed by atoms with Crippen LogP contribution in [0.4, 0.5) is 13.2 Å². The van der Waals surface area contributed by atoms with Crippen molar-refractivity contribution in [1.82, 2.24) is 19.9 Å². The molecule has 0 saturated carbocycles. The standard InChI is InChI=1S/C24H21F3N4O3/c1-16-21-5-2-6-23(22(21)13-30(16)20(14-33)4-3-11-32)34-15-18-12-31(29-28-18)19-9-7-17(8-10-19)24(25,26)27/h2,5-12,14,20H,1,3-4,13,15H2. The zero-order valence-corrected chi connectivity index (χ0v) is 18.0. The van der Waals surface area contributed by atoms with E-state index in [2.05, 4.69) is 16.9 Å². The fourth-order valence-electron chi connectivity index (χ4n) is 3.85. The number of hydrogen-bond donors (Lipinski definition) is 0. The van der Waals surface area contributed by atoms with Gasteiger partial charge in [0.2, 0.25) is 0 Å². The van der Waals surface area contributed by atoms with Gasteiger partial charge in [0.1, 0.15) is 30.6 Å². The zero-order chi connectivity index (χ0) is 24.3. The third-order valence-corrected chi connectivity index (χ3v) is 5.63. The quantitative estimate of drug-likeness (QED) is 0.437. The number of aldehydes is 2. The first kappa shape index (κ1) is 23.2. The molecule has 10 heteroatoms. The molecule has 1 aliphatic rings. The van der Waals surface area contributed by atoms with Gasteiger partial charge in [-0.1, -0.05) is 23.9 Å². The molecule has 2 heterocycles. The van der Waals surface area contributed by atoms with Crippen LogP contribution in [0.3, 0.4) is 0 Å². The summed E-state index contributed by atoms with van der Waals surface area (Å²) in [4.78, 5) is 24.2. The van der Waals surface area contributed by atoms with Gasteiger partial charge < -0.3 is 19.2 Å². The highest BCUT2D eigenvalue weighted by Gasteiger charge is 2.31. The first-order valence-electron chi connectivity index (χ1n) is 10.5. The Morgan fingerprint density at radius 2 is 1.91 bits per heavy atom. The van der Waals surface area contributed by atoms with Gasteiger partial charge in [0, 0.05) is 29.8 Å². The second-order valence-electron chi connectivity index (χ2n) is 7.79. The third-order valence-electron chi connectivity index (χ3n) is 5.63. The Morgan fingerprint density at radius 1 is 1.15 bits per heavy atom. The number of hydrogen-bond acceptors (Lipinski definition) is 6. The maximum Gasteiger partial charge on any atom is 0.416 e. The number of ether oxygens (including phenoxy) is 1. The van der Waals surface area contributed by atoms with Gasteiger partial charge in [-0.15, -0.1) is 5.10 Å². The van der Waals surface area contributed by atoms with Crippen LogP contribution in [0, 0.1) is 0 Å². The average molecular weight is 470 g/mol. The third kappa shape index (κ3) is 4.70. The topological polar surface area (TPSA) is 77.3 Å². The van der Waals surface area contributed by atoms with Crippen molar-refractivity contribution in [3.63, 3.8) is 0 Å². The Morgan fingerprint density at radius 3 is 2.59 bits per heavy atom. The largest absolute Gasteiger partial charge is 0.487 e. The molecule has 0 saturated heterocycles. The molecule has 1 aromatic heterocycles. The smallest absolute Gasteiger partial charge is 0.416 e. The lowest BCUT2D eigenvalue weighted by Crippen LogP contribution is -2.31. The predicted molar refractivity (Wildman–Crippen MR) is 117 cm³/mol. The van der Waals surface area contributed by atoms with Crippen LogP contribution in [-0.2, 0) is 28.9 Å². The van der Waals surface area contributed by atoms with Gasteiger partial charge in [0.15, 0.2) is 0 Å². The minimum Gasteiger partial charge on any atom is -0.487 e. The van der Waals surface area contributed by atoms with E-state index in [-0.39, 0.29) is 13.0 Å². The van der Waals surface area contributed by atoms with E-state index in [1.54, 1.807) is 12.3 Å². The van der Waals surface area contributed by atoms with Crippen LogP contribution in [0.2, 0.25) is 0 Å². The van der Waals surface area contributed by atoms with Gasteiger partial charge in [0.05, 0.1) is 23.5 Å². The lowest BCUT2D eigenvalue weighted by atomic mass is 10.1. The van der Waals surface area contributed by atoms with Crippen LogP contribution >= 0.6 is 0 Å². The summed E-state index contributed by atoms with van der Waals surface area (Å²) in [5, 5.41) is 8.00. The van der Waals surface area contributed by atoms with Crippen molar-refractivity contribution in [1.29, 1.82) is 0 Å². The van der Waals surface area contributed by atoms with E-state index in [0.717, 1.165) is 35.8 Å². The average Bonchev–Trinajstić information content (AvgIpc) is 3.43. The molecule has 0 aliphatic carbocycles. The van der Waals surface area contributed by atoms with Crippen molar-refractivity contribution in [2.24, 2.45) is 0 Å². The molecule has 1 atom stereocenters. The van der Waals surface area contributed by atoms with Crippen LogP contribution in [0.5, 0.6) is 5.75 Å². The van der Waals surface area contributed by atoms with E-state index in [4.69, 9.17) is 4.74 Å². The van der Waals surface area contributed by atoms with E-state index in [9.17, 15) is 22.8 Å². The second-order valence-corrected chi connectivity index (χ2v) is 7.79. The first-order chi connectivity index (χ1) is 16.3. The zero-order valence-electron chi connectivity index (χ0n) is 18.0. The van der Waals surface area contributed by atoms with Gasteiger partial charge in [-0.2, -0.15) is 13.2 Å². The maximum atomic E-state index is 12.8. The lowest BCUT2D eigenvalue weighted by Gasteiger charge is -2.25. The van der Waals surface area contributed by atoms with Gasteiger partial charge >= 0.3 is 6.18 Å². The van der Waals surface area contributed by atoms with E-state index in [0.29, 0.717) is 35.8 Å². The van der Waals surface area contributed by atoms with Crippen molar-refractivity contribution < 1.29 is 27.5 Å². The molecule has 4 rings (SSSR count). The molecule has 1 aliphatic heterocycles. The second kappa shape index (κ2) is 9.50. The lowest BCUT2D eigenvalue weighted by molar-refractivity contribution is -0.137. The van der Waals surface area contributed by atoms with Crippen molar-refractivity contribution >= 4 is 18.3 Å². The number of carbonyl (C=O) groups excluding carboxylic acids is 2.